The molecule has 6 atom stereocenters. The fraction of sp³-hybridized carbons (Fsp3) is 0.545. The summed E-state index contributed by atoms with van der Waals surface area (Å²) >= 11 is 0. The Hall–Kier alpha value is -1.90. The summed E-state index contributed by atoms with van der Waals surface area (Å²) in [6.07, 6.45) is 12.3. The molecule has 0 unspecified atom stereocenters. The first kappa shape index (κ1) is 14.3. The van der Waals surface area contributed by atoms with Gasteiger partial charge in [0.15, 0.2) is 0 Å². The molecule has 7 rings (SSSR count). The zero-order valence-corrected chi connectivity index (χ0v) is 14.4. The third kappa shape index (κ3) is 1.39. The SMILES string of the molecule is O=C1[C@@H]2[C@H](C(=O)N1c1ccccc1)[C@H]1C=C[C@H]2[C@@]23CCCC[C@]12CC3. The van der Waals surface area contributed by atoms with Gasteiger partial charge in [-0.25, -0.2) is 0 Å². The van der Waals surface area contributed by atoms with Crippen molar-refractivity contribution < 1.29 is 9.59 Å². The third-order valence-corrected chi connectivity index (χ3v) is 8.49. The summed E-state index contributed by atoms with van der Waals surface area (Å²) in [7, 11) is 0. The lowest BCUT2D eigenvalue weighted by Gasteiger charge is -2.74. The molecule has 0 radical (unpaired) electrons. The van der Waals surface area contributed by atoms with Gasteiger partial charge in [-0.15, -0.1) is 0 Å². The number of para-hydroxylation sites is 1. The molecule has 3 heteroatoms. The average Bonchev–Trinajstić information content (AvgIpc) is 2.90. The molecule has 1 saturated heterocycles. The van der Waals surface area contributed by atoms with E-state index in [-0.39, 0.29) is 35.5 Å². The number of hydrogen-bond donors (Lipinski definition) is 0. The van der Waals surface area contributed by atoms with Crippen LogP contribution in [0.2, 0.25) is 0 Å². The Bertz CT molecular complexity index is 767. The maximum Gasteiger partial charge on any atom is 0.238 e. The highest BCUT2D eigenvalue weighted by atomic mass is 16.2. The Morgan fingerprint density at radius 1 is 0.760 bits per heavy atom. The van der Waals surface area contributed by atoms with Gasteiger partial charge in [-0.05, 0) is 60.5 Å². The number of rotatable bonds is 1. The van der Waals surface area contributed by atoms with Crippen LogP contribution in [-0.4, -0.2) is 11.8 Å². The molecule has 1 aromatic carbocycles. The molecule has 6 aliphatic rings. The van der Waals surface area contributed by atoms with E-state index in [1.54, 1.807) is 0 Å². The van der Waals surface area contributed by atoms with Gasteiger partial charge in [-0.2, -0.15) is 0 Å². The Kier molecular flexibility index (Phi) is 2.53. The minimum Gasteiger partial charge on any atom is -0.274 e. The Morgan fingerprint density at radius 2 is 1.28 bits per heavy atom. The lowest BCUT2D eigenvalue weighted by atomic mass is 9.29. The number of carbonyl (C=O) groups excluding carboxylic acids is 2. The molecule has 3 saturated carbocycles. The van der Waals surface area contributed by atoms with Crippen molar-refractivity contribution in [1.29, 1.82) is 0 Å². The molecule has 2 bridgehead atoms. The van der Waals surface area contributed by atoms with Crippen LogP contribution in [0.25, 0.3) is 0 Å². The zero-order valence-electron chi connectivity index (χ0n) is 14.4. The molecule has 1 aliphatic heterocycles. The van der Waals surface area contributed by atoms with Crippen molar-refractivity contribution in [1.82, 2.24) is 0 Å². The standard InChI is InChI=1S/C22H23NO2/c24-19-17-15-8-9-16(22-11-5-4-10-21(15,22)12-13-22)18(17)20(25)23(19)14-6-2-1-3-7-14/h1-3,6-9,15-18H,4-5,10-13H2/t15-,16-,17-,18+,21+,22+/m1/s1. The number of carbonyl (C=O) groups is 2. The fourth-order valence-corrected chi connectivity index (χ4v) is 7.56. The number of nitrogens with zero attached hydrogens (tertiary/aromatic N) is 1. The van der Waals surface area contributed by atoms with E-state index < -0.39 is 0 Å². The van der Waals surface area contributed by atoms with Gasteiger partial charge >= 0.3 is 0 Å². The molecule has 1 aromatic rings. The molecule has 0 N–H and O–H groups in total. The molecular weight excluding hydrogens is 310 g/mol. The molecule has 3 nitrogen and oxygen atoms in total. The highest BCUT2D eigenvalue weighted by molar-refractivity contribution is 6.22. The lowest BCUT2D eigenvalue weighted by molar-refractivity contribution is -0.232. The van der Waals surface area contributed by atoms with Crippen LogP contribution in [0.4, 0.5) is 5.69 Å². The minimum atomic E-state index is -0.116. The summed E-state index contributed by atoms with van der Waals surface area (Å²) in [5.41, 5.74) is 1.37. The van der Waals surface area contributed by atoms with E-state index in [9.17, 15) is 9.59 Å². The largest absolute Gasteiger partial charge is 0.274 e. The molecule has 128 valence electrons. The van der Waals surface area contributed by atoms with Crippen LogP contribution in [-0.2, 0) is 9.59 Å². The van der Waals surface area contributed by atoms with Crippen molar-refractivity contribution >= 4 is 17.5 Å². The van der Waals surface area contributed by atoms with Crippen molar-refractivity contribution in [3.63, 3.8) is 0 Å². The van der Waals surface area contributed by atoms with Crippen LogP contribution in [0, 0.1) is 34.5 Å². The number of imide groups is 1. The Balaban J connectivity index is 1.50. The van der Waals surface area contributed by atoms with Crippen LogP contribution in [0.1, 0.15) is 38.5 Å². The molecule has 1 heterocycles. The number of benzene rings is 1. The van der Waals surface area contributed by atoms with Crippen LogP contribution in [0.5, 0.6) is 0 Å². The quantitative estimate of drug-likeness (QED) is 0.576. The van der Waals surface area contributed by atoms with Gasteiger partial charge < -0.3 is 0 Å². The normalized spacial score (nSPS) is 46.5. The highest BCUT2D eigenvalue weighted by Gasteiger charge is 2.76. The van der Waals surface area contributed by atoms with Gasteiger partial charge in [-0.3, -0.25) is 14.5 Å². The van der Waals surface area contributed by atoms with E-state index in [1.165, 1.54) is 43.4 Å². The second-order valence-electron chi connectivity index (χ2n) is 8.85. The molecular formula is C22H23NO2. The van der Waals surface area contributed by atoms with E-state index in [0.29, 0.717) is 10.8 Å². The summed E-state index contributed by atoms with van der Waals surface area (Å²) < 4.78 is 0. The van der Waals surface area contributed by atoms with Gasteiger partial charge in [-0.1, -0.05) is 43.2 Å². The first-order valence-corrected chi connectivity index (χ1v) is 9.81. The van der Waals surface area contributed by atoms with Gasteiger partial charge in [0, 0.05) is 0 Å². The predicted molar refractivity (Wildman–Crippen MR) is 94.6 cm³/mol. The zero-order chi connectivity index (χ0) is 16.8. The van der Waals surface area contributed by atoms with Gasteiger partial charge in [0.25, 0.3) is 0 Å². The Morgan fingerprint density at radius 3 is 1.76 bits per heavy atom. The first-order chi connectivity index (χ1) is 12.2. The number of anilines is 1. The van der Waals surface area contributed by atoms with Crippen LogP contribution < -0.4 is 4.90 Å². The molecule has 0 spiro atoms. The maximum atomic E-state index is 13.4. The summed E-state index contributed by atoms with van der Waals surface area (Å²) in [6, 6.07) is 9.53. The molecule has 5 aliphatic carbocycles. The smallest absolute Gasteiger partial charge is 0.238 e. The van der Waals surface area contributed by atoms with E-state index in [2.05, 4.69) is 12.2 Å². The molecule has 25 heavy (non-hydrogen) atoms. The molecule has 0 aromatic heterocycles. The summed E-state index contributed by atoms with van der Waals surface area (Å²) in [5.74, 6) is 0.439. The monoisotopic (exact) mass is 333 g/mol. The van der Waals surface area contributed by atoms with Gasteiger partial charge in [0.1, 0.15) is 0 Å². The van der Waals surface area contributed by atoms with E-state index >= 15 is 0 Å². The third-order valence-electron chi connectivity index (χ3n) is 8.49. The second kappa shape index (κ2) is 4.44. The van der Waals surface area contributed by atoms with Crippen LogP contribution in [0.15, 0.2) is 42.5 Å². The Labute approximate surface area is 148 Å². The number of hydrogen-bond acceptors (Lipinski definition) is 2. The van der Waals surface area contributed by atoms with Crippen molar-refractivity contribution in [3.8, 4) is 0 Å². The van der Waals surface area contributed by atoms with Crippen molar-refractivity contribution in [2.45, 2.75) is 38.5 Å². The van der Waals surface area contributed by atoms with Crippen molar-refractivity contribution in [2.24, 2.45) is 34.5 Å². The van der Waals surface area contributed by atoms with Crippen LogP contribution in [0.3, 0.4) is 0 Å². The van der Waals surface area contributed by atoms with E-state index in [4.69, 9.17) is 0 Å². The topological polar surface area (TPSA) is 37.4 Å². The maximum absolute atomic E-state index is 13.4. The predicted octanol–water partition coefficient (Wildman–Crippen LogP) is 3.95. The number of allylic oxidation sites excluding steroid dienone is 2. The minimum absolute atomic E-state index is 0.0565. The molecule has 4 fully saturated rings. The fourth-order valence-electron chi connectivity index (χ4n) is 7.56. The van der Waals surface area contributed by atoms with Gasteiger partial charge in [0.05, 0.1) is 17.5 Å². The first-order valence-electron chi connectivity index (χ1n) is 9.81. The average molecular weight is 333 g/mol. The molecule has 2 amide bonds. The highest BCUT2D eigenvalue weighted by Crippen LogP contribution is 2.79. The summed E-state index contributed by atoms with van der Waals surface area (Å²) in [6.45, 7) is 0. The van der Waals surface area contributed by atoms with E-state index in [1.807, 2.05) is 30.3 Å². The summed E-state index contributed by atoms with van der Waals surface area (Å²) in [4.78, 5) is 28.2. The van der Waals surface area contributed by atoms with Crippen molar-refractivity contribution in [2.75, 3.05) is 4.90 Å². The van der Waals surface area contributed by atoms with Crippen LogP contribution >= 0.6 is 0 Å². The second-order valence-corrected chi connectivity index (χ2v) is 8.85. The van der Waals surface area contributed by atoms with Crippen molar-refractivity contribution in [3.05, 3.63) is 42.5 Å². The number of amides is 2. The van der Waals surface area contributed by atoms with Gasteiger partial charge in [0.2, 0.25) is 11.8 Å². The van der Waals surface area contributed by atoms with E-state index in [0.717, 1.165) is 5.69 Å². The summed E-state index contributed by atoms with van der Waals surface area (Å²) in [5, 5.41) is 0. The lowest BCUT2D eigenvalue weighted by Crippen LogP contribution is -2.69.